The number of carbonyl (C=O) groups excluding carboxylic acids is 2. The lowest BCUT2D eigenvalue weighted by molar-refractivity contribution is 0.0596. The summed E-state index contributed by atoms with van der Waals surface area (Å²) in [6.45, 7) is 2.75. The molecule has 3 aromatic rings. The van der Waals surface area contributed by atoms with Crippen LogP contribution in [0.4, 0.5) is 5.82 Å². The number of hydrogen-bond acceptors (Lipinski definition) is 8. The zero-order valence-electron chi connectivity index (χ0n) is 17.5. The van der Waals surface area contributed by atoms with Gasteiger partial charge in [-0.05, 0) is 31.2 Å². The summed E-state index contributed by atoms with van der Waals surface area (Å²) >= 11 is 1.50. The Morgan fingerprint density at radius 2 is 1.90 bits per heavy atom. The van der Waals surface area contributed by atoms with Crippen LogP contribution < -0.4 is 10.2 Å². The fraction of sp³-hybridized carbons (Fsp3) is 0.381. The Labute approximate surface area is 184 Å². The van der Waals surface area contributed by atoms with Crippen molar-refractivity contribution >= 4 is 40.5 Å². The second kappa shape index (κ2) is 9.34. The number of benzene rings is 1. The van der Waals surface area contributed by atoms with Gasteiger partial charge in [-0.3, -0.25) is 4.79 Å². The summed E-state index contributed by atoms with van der Waals surface area (Å²) in [5.74, 6) is 0.0448. The number of anilines is 1. The highest BCUT2D eigenvalue weighted by Crippen LogP contribution is 2.28. The van der Waals surface area contributed by atoms with Gasteiger partial charge in [-0.25, -0.2) is 19.4 Å². The Balaban J connectivity index is 1.51. The fourth-order valence-corrected chi connectivity index (χ4v) is 4.04. The van der Waals surface area contributed by atoms with Crippen molar-refractivity contribution in [2.75, 3.05) is 37.9 Å². The van der Waals surface area contributed by atoms with E-state index in [1.54, 1.807) is 35.1 Å². The van der Waals surface area contributed by atoms with E-state index in [0.29, 0.717) is 18.2 Å². The maximum atomic E-state index is 12.6. The summed E-state index contributed by atoms with van der Waals surface area (Å²) in [6, 6.07) is 6.58. The number of rotatable bonds is 7. The first-order valence-corrected chi connectivity index (χ1v) is 11.3. The zero-order chi connectivity index (χ0) is 21.8. The smallest absolute Gasteiger partial charge is 0.338 e. The first kappa shape index (κ1) is 21.1. The third-order valence-electron chi connectivity index (χ3n) is 5.23. The Hall–Kier alpha value is -3.14. The van der Waals surface area contributed by atoms with Crippen LogP contribution in [0.2, 0.25) is 0 Å². The van der Waals surface area contributed by atoms with Gasteiger partial charge >= 0.3 is 5.97 Å². The van der Waals surface area contributed by atoms with Gasteiger partial charge in [0.05, 0.1) is 36.4 Å². The van der Waals surface area contributed by atoms with Crippen LogP contribution in [0.25, 0.3) is 11.0 Å². The number of aromatic nitrogens is 4. The molecular formula is C21H24N6O3S. The molecule has 0 bridgehead atoms. The maximum absolute atomic E-state index is 12.6. The van der Waals surface area contributed by atoms with E-state index in [2.05, 4.69) is 20.3 Å². The molecule has 0 radical (unpaired) electrons. The van der Waals surface area contributed by atoms with Crippen LogP contribution in [-0.2, 0) is 11.3 Å². The second-order valence-electron chi connectivity index (χ2n) is 7.13. The van der Waals surface area contributed by atoms with E-state index in [-0.39, 0.29) is 17.0 Å². The fourth-order valence-electron chi connectivity index (χ4n) is 3.69. The van der Waals surface area contributed by atoms with Crippen LogP contribution in [-0.4, -0.2) is 64.6 Å². The lowest BCUT2D eigenvalue weighted by Crippen LogP contribution is -2.29. The predicted octanol–water partition coefficient (Wildman–Crippen LogP) is 2.37. The molecule has 4 rings (SSSR count). The van der Waals surface area contributed by atoms with Crippen LogP contribution in [0.15, 0.2) is 35.6 Å². The minimum atomic E-state index is -0.542. The Morgan fingerprint density at radius 3 is 2.61 bits per heavy atom. The quantitative estimate of drug-likeness (QED) is 0.339. The molecule has 0 spiro atoms. The SMILES string of the molecule is COC(=O)c1ccccc1C(=O)NCCn1ncc2c(N3CCCC3)nc(SC)nc21. The number of nitrogens with one attached hydrogen (secondary N) is 1. The van der Waals surface area contributed by atoms with E-state index in [1.807, 2.05) is 6.26 Å². The van der Waals surface area contributed by atoms with Crippen molar-refractivity contribution in [2.24, 2.45) is 0 Å². The minimum absolute atomic E-state index is 0.236. The Kier molecular flexibility index (Phi) is 6.36. The first-order chi connectivity index (χ1) is 15.1. The van der Waals surface area contributed by atoms with Crippen molar-refractivity contribution in [3.8, 4) is 0 Å². The van der Waals surface area contributed by atoms with Crippen molar-refractivity contribution in [1.82, 2.24) is 25.1 Å². The number of esters is 1. The summed E-state index contributed by atoms with van der Waals surface area (Å²) in [5, 5.41) is 8.96. The molecule has 1 aromatic carbocycles. The third-order valence-corrected chi connectivity index (χ3v) is 5.78. The number of thioether (sulfide) groups is 1. The van der Waals surface area contributed by atoms with Gasteiger partial charge in [0.2, 0.25) is 0 Å². The maximum Gasteiger partial charge on any atom is 0.338 e. The van der Waals surface area contributed by atoms with E-state index >= 15 is 0 Å². The molecule has 31 heavy (non-hydrogen) atoms. The van der Waals surface area contributed by atoms with Crippen molar-refractivity contribution in [3.63, 3.8) is 0 Å². The molecule has 9 nitrogen and oxygen atoms in total. The highest BCUT2D eigenvalue weighted by atomic mass is 32.2. The first-order valence-electron chi connectivity index (χ1n) is 10.1. The van der Waals surface area contributed by atoms with Gasteiger partial charge in [0.25, 0.3) is 5.91 Å². The summed E-state index contributed by atoms with van der Waals surface area (Å²) in [5.41, 5.74) is 1.27. The van der Waals surface area contributed by atoms with Gasteiger partial charge in [-0.15, -0.1) is 0 Å². The van der Waals surface area contributed by atoms with Gasteiger partial charge in [0, 0.05) is 19.6 Å². The average Bonchev–Trinajstić information content (AvgIpc) is 3.48. The summed E-state index contributed by atoms with van der Waals surface area (Å²) in [7, 11) is 1.29. The minimum Gasteiger partial charge on any atom is -0.465 e. The van der Waals surface area contributed by atoms with Crippen molar-refractivity contribution < 1.29 is 14.3 Å². The number of ether oxygens (including phenoxy) is 1. The van der Waals surface area contributed by atoms with E-state index in [9.17, 15) is 9.59 Å². The molecule has 162 valence electrons. The molecule has 1 amide bonds. The van der Waals surface area contributed by atoms with Gasteiger partial charge < -0.3 is 15.0 Å². The summed E-state index contributed by atoms with van der Waals surface area (Å²) in [4.78, 5) is 36.2. The molecule has 1 fully saturated rings. The molecule has 1 aliphatic rings. The number of carbonyl (C=O) groups is 2. The molecular weight excluding hydrogens is 416 g/mol. The van der Waals surface area contributed by atoms with Crippen LogP contribution >= 0.6 is 11.8 Å². The van der Waals surface area contributed by atoms with Crippen molar-refractivity contribution in [3.05, 3.63) is 41.6 Å². The summed E-state index contributed by atoms with van der Waals surface area (Å²) in [6.07, 6.45) is 6.07. The molecule has 1 aliphatic heterocycles. The van der Waals surface area contributed by atoms with Crippen LogP contribution in [0.5, 0.6) is 0 Å². The number of fused-ring (bicyclic) bond motifs is 1. The van der Waals surface area contributed by atoms with E-state index in [4.69, 9.17) is 9.72 Å². The average molecular weight is 441 g/mol. The van der Waals surface area contributed by atoms with E-state index in [1.165, 1.54) is 18.9 Å². The number of nitrogens with zero attached hydrogens (tertiary/aromatic N) is 5. The molecule has 10 heteroatoms. The third kappa shape index (κ3) is 4.34. The molecule has 0 unspecified atom stereocenters. The van der Waals surface area contributed by atoms with E-state index in [0.717, 1.165) is 42.8 Å². The van der Waals surface area contributed by atoms with Crippen molar-refractivity contribution in [2.45, 2.75) is 24.5 Å². The molecule has 1 saturated heterocycles. The Morgan fingerprint density at radius 1 is 1.16 bits per heavy atom. The van der Waals surface area contributed by atoms with Crippen LogP contribution in [0.1, 0.15) is 33.6 Å². The van der Waals surface area contributed by atoms with Gasteiger partial charge in [0.15, 0.2) is 10.8 Å². The Bertz CT molecular complexity index is 1110. The molecule has 1 N–H and O–H groups in total. The molecule has 2 aromatic heterocycles. The van der Waals surface area contributed by atoms with Crippen LogP contribution in [0.3, 0.4) is 0 Å². The van der Waals surface area contributed by atoms with Gasteiger partial charge in [-0.1, -0.05) is 23.9 Å². The topological polar surface area (TPSA) is 102 Å². The molecule has 3 heterocycles. The van der Waals surface area contributed by atoms with Gasteiger partial charge in [0.1, 0.15) is 5.82 Å². The number of hydrogen-bond donors (Lipinski definition) is 1. The predicted molar refractivity (Wildman–Crippen MR) is 119 cm³/mol. The van der Waals surface area contributed by atoms with Gasteiger partial charge in [-0.2, -0.15) is 5.10 Å². The molecule has 0 aliphatic carbocycles. The number of amides is 1. The number of methoxy groups -OCH3 is 1. The monoisotopic (exact) mass is 440 g/mol. The second-order valence-corrected chi connectivity index (χ2v) is 7.90. The standard InChI is InChI=1S/C21H24N6O3S/c1-30-20(29)15-8-4-3-7-14(15)19(28)22-9-12-27-18-16(13-23-27)17(24-21(25-18)31-2)26-10-5-6-11-26/h3-4,7-8,13H,5-6,9-12H2,1-2H3,(H,22,28). The molecule has 0 saturated carbocycles. The normalized spacial score (nSPS) is 13.5. The van der Waals surface area contributed by atoms with Crippen molar-refractivity contribution in [1.29, 1.82) is 0 Å². The molecule has 0 atom stereocenters. The lowest BCUT2D eigenvalue weighted by Gasteiger charge is -2.17. The highest BCUT2D eigenvalue weighted by Gasteiger charge is 2.21. The largest absolute Gasteiger partial charge is 0.465 e. The highest BCUT2D eigenvalue weighted by molar-refractivity contribution is 7.98. The summed E-state index contributed by atoms with van der Waals surface area (Å²) < 4.78 is 6.54. The van der Waals surface area contributed by atoms with E-state index < -0.39 is 5.97 Å². The van der Waals surface area contributed by atoms with Crippen LogP contribution in [0, 0.1) is 0 Å². The zero-order valence-corrected chi connectivity index (χ0v) is 18.3. The lowest BCUT2D eigenvalue weighted by atomic mass is 10.1.